The van der Waals surface area contributed by atoms with Gasteiger partial charge in [0.25, 0.3) is 0 Å². The average Bonchev–Trinajstić information content (AvgIpc) is 2.64. The maximum absolute atomic E-state index is 12.5. The van der Waals surface area contributed by atoms with E-state index in [0.717, 1.165) is 11.1 Å². The van der Waals surface area contributed by atoms with Crippen molar-refractivity contribution in [3.8, 4) is 16.9 Å². The zero-order valence-corrected chi connectivity index (χ0v) is 17.2. The monoisotopic (exact) mass is 431 g/mol. The summed E-state index contributed by atoms with van der Waals surface area (Å²) in [7, 11) is -8.75. The molecular weight excluding hydrogens is 408 g/mol. The fraction of sp³-hybridized carbons (Fsp3) is 0.333. The van der Waals surface area contributed by atoms with Crippen molar-refractivity contribution in [1.29, 1.82) is 0 Å². The Kier molecular flexibility index (Phi) is 7.36. The molecule has 0 aliphatic carbocycles. The van der Waals surface area contributed by atoms with Gasteiger partial charge in [0.2, 0.25) is 10.0 Å². The lowest BCUT2D eigenvalue weighted by atomic mass is 10.1. The molecule has 2 rings (SSSR count). The number of benzene rings is 2. The molecule has 0 saturated carbocycles. The Morgan fingerprint density at radius 2 is 1.54 bits per heavy atom. The molecule has 0 bridgehead atoms. The quantitative estimate of drug-likeness (QED) is 0.526. The van der Waals surface area contributed by atoms with Crippen molar-refractivity contribution in [1.82, 2.24) is 4.72 Å². The second kappa shape index (κ2) is 9.15. The van der Waals surface area contributed by atoms with E-state index in [4.69, 9.17) is 4.74 Å². The fourth-order valence-electron chi connectivity index (χ4n) is 2.55. The Morgan fingerprint density at radius 3 is 1.96 bits per heavy atom. The molecule has 7 nitrogen and oxygen atoms in total. The van der Waals surface area contributed by atoms with Crippen LogP contribution in [0.5, 0.6) is 5.75 Å². The summed E-state index contributed by atoms with van der Waals surface area (Å²) in [6.07, 6.45) is 0. The van der Waals surface area contributed by atoms with E-state index in [9.17, 15) is 27.2 Å². The minimum absolute atomic E-state index is 0.0229. The van der Waals surface area contributed by atoms with Gasteiger partial charge < -0.3 is 14.5 Å². The summed E-state index contributed by atoms with van der Waals surface area (Å²) in [6, 6.07) is 12.8. The summed E-state index contributed by atoms with van der Waals surface area (Å²) in [5.74, 6) is -1.57. The molecule has 2 aromatic carbocycles. The molecule has 0 amide bonds. The van der Waals surface area contributed by atoms with Crippen LogP contribution in [0, 0.1) is 5.92 Å². The molecule has 0 radical (unpaired) electrons. The van der Waals surface area contributed by atoms with Crippen LogP contribution in [0.2, 0.25) is 0 Å². The summed E-state index contributed by atoms with van der Waals surface area (Å²) in [4.78, 5) is 18.7. The molecule has 0 fully saturated rings. The van der Waals surface area contributed by atoms with Crippen LogP contribution >= 0.6 is 7.60 Å². The number of ether oxygens (including phenoxy) is 1. The summed E-state index contributed by atoms with van der Waals surface area (Å²) in [5, 5.41) is 0. The van der Waals surface area contributed by atoms with Crippen LogP contribution in [-0.2, 0) is 14.6 Å². The number of nitrogens with one attached hydrogen (secondary N) is 1. The number of halogens is 1. The van der Waals surface area contributed by atoms with Gasteiger partial charge in [-0.15, -0.1) is 0 Å². The van der Waals surface area contributed by atoms with Gasteiger partial charge in [0.15, 0.2) is 0 Å². The molecule has 1 atom stereocenters. The van der Waals surface area contributed by atoms with Crippen LogP contribution in [0.1, 0.15) is 13.8 Å². The Balaban J connectivity index is 2.20. The molecule has 0 spiro atoms. The molecule has 0 heterocycles. The van der Waals surface area contributed by atoms with Crippen LogP contribution in [0.25, 0.3) is 11.1 Å². The van der Waals surface area contributed by atoms with Gasteiger partial charge >= 0.3 is 7.60 Å². The van der Waals surface area contributed by atoms with Crippen LogP contribution in [-0.4, -0.2) is 37.3 Å². The molecule has 154 valence electrons. The molecule has 1 unspecified atom stereocenters. The Hall–Kier alpha value is -1.77. The van der Waals surface area contributed by atoms with Gasteiger partial charge in [0.1, 0.15) is 24.8 Å². The lowest BCUT2D eigenvalue weighted by Crippen LogP contribution is -2.38. The second-order valence-corrected chi connectivity index (χ2v) is 9.93. The molecule has 0 aliphatic heterocycles. The number of hydrogen-bond acceptors (Lipinski definition) is 4. The van der Waals surface area contributed by atoms with E-state index in [1.807, 2.05) is 0 Å². The van der Waals surface area contributed by atoms with Crippen molar-refractivity contribution in [2.24, 2.45) is 5.92 Å². The molecule has 28 heavy (non-hydrogen) atoms. The van der Waals surface area contributed by atoms with Crippen molar-refractivity contribution < 1.29 is 31.9 Å². The Labute approximate surface area is 163 Å². The minimum atomic E-state index is -4.64. The molecule has 0 aromatic heterocycles. The number of sulfonamides is 1. The highest BCUT2D eigenvalue weighted by Crippen LogP contribution is 2.43. The predicted molar refractivity (Wildman–Crippen MR) is 104 cm³/mol. The van der Waals surface area contributed by atoms with Gasteiger partial charge in [-0.25, -0.2) is 12.8 Å². The highest BCUT2D eigenvalue weighted by molar-refractivity contribution is 7.89. The standard InChI is InChI=1S/C18H23FNO6PS/c1-13(2)18(27(21,22)23)20-28(24,25)17-9-5-15(6-10-17)14-3-7-16(8-4-14)26-12-11-19/h3-10,13,18,20H,11-12H2,1-2H3,(H2,21,22,23). The van der Waals surface area contributed by atoms with E-state index < -0.39 is 36.0 Å². The van der Waals surface area contributed by atoms with E-state index >= 15 is 0 Å². The third-order valence-corrected chi connectivity index (χ3v) is 7.05. The summed E-state index contributed by atoms with van der Waals surface area (Å²) < 4.78 is 55.9. The van der Waals surface area contributed by atoms with E-state index in [2.05, 4.69) is 4.72 Å². The van der Waals surface area contributed by atoms with Crippen LogP contribution in [0.15, 0.2) is 53.4 Å². The highest BCUT2D eigenvalue weighted by atomic mass is 32.2. The molecule has 0 saturated heterocycles. The second-order valence-electron chi connectivity index (χ2n) is 6.49. The average molecular weight is 431 g/mol. The molecule has 10 heteroatoms. The first-order valence-corrected chi connectivity index (χ1v) is 11.7. The van der Waals surface area contributed by atoms with E-state index in [1.54, 1.807) is 36.4 Å². The zero-order valence-electron chi connectivity index (χ0n) is 15.4. The fourth-order valence-corrected chi connectivity index (χ4v) is 5.51. The van der Waals surface area contributed by atoms with Crippen molar-refractivity contribution in [2.75, 3.05) is 13.3 Å². The number of alkyl halides is 1. The van der Waals surface area contributed by atoms with Gasteiger partial charge in [0, 0.05) is 0 Å². The first-order chi connectivity index (χ1) is 13.0. The maximum atomic E-state index is 12.5. The first-order valence-electron chi connectivity index (χ1n) is 8.51. The van der Waals surface area contributed by atoms with Crippen molar-refractivity contribution in [3.05, 3.63) is 48.5 Å². The highest BCUT2D eigenvalue weighted by Gasteiger charge is 2.35. The molecule has 3 N–H and O–H groups in total. The van der Waals surface area contributed by atoms with Gasteiger partial charge in [-0.1, -0.05) is 38.1 Å². The molecule has 0 aliphatic rings. The Morgan fingerprint density at radius 1 is 1.04 bits per heavy atom. The van der Waals surface area contributed by atoms with Crippen LogP contribution in [0.3, 0.4) is 0 Å². The van der Waals surface area contributed by atoms with Crippen LogP contribution in [0.4, 0.5) is 4.39 Å². The normalized spacial score (nSPS) is 13.5. The molecule has 2 aromatic rings. The molecular formula is C18H23FNO6PS. The van der Waals surface area contributed by atoms with Gasteiger partial charge in [-0.3, -0.25) is 4.57 Å². The smallest absolute Gasteiger partial charge is 0.343 e. The topological polar surface area (TPSA) is 113 Å². The number of rotatable bonds is 9. The van der Waals surface area contributed by atoms with E-state index in [0.29, 0.717) is 5.75 Å². The first kappa shape index (κ1) is 22.5. The minimum Gasteiger partial charge on any atom is -0.491 e. The summed E-state index contributed by atoms with van der Waals surface area (Å²) in [5.41, 5.74) is 1.55. The largest absolute Gasteiger partial charge is 0.491 e. The summed E-state index contributed by atoms with van der Waals surface area (Å²) in [6.45, 7) is 2.45. The van der Waals surface area contributed by atoms with Crippen molar-refractivity contribution in [3.63, 3.8) is 0 Å². The van der Waals surface area contributed by atoms with Gasteiger partial charge in [0.05, 0.1) is 4.90 Å². The predicted octanol–water partition coefficient (Wildman–Crippen LogP) is 3.14. The summed E-state index contributed by atoms with van der Waals surface area (Å²) >= 11 is 0. The van der Waals surface area contributed by atoms with Gasteiger partial charge in [-0.2, -0.15) is 4.72 Å². The lowest BCUT2D eigenvalue weighted by Gasteiger charge is -2.23. The Bertz CT molecular complexity index is 926. The van der Waals surface area contributed by atoms with Crippen molar-refractivity contribution in [2.45, 2.75) is 24.5 Å². The lowest BCUT2D eigenvalue weighted by molar-refractivity contribution is 0.273. The number of hydrogen-bond donors (Lipinski definition) is 3. The van der Waals surface area contributed by atoms with E-state index in [1.165, 1.54) is 26.0 Å². The van der Waals surface area contributed by atoms with Crippen LogP contribution < -0.4 is 9.46 Å². The third kappa shape index (κ3) is 5.86. The van der Waals surface area contributed by atoms with Gasteiger partial charge in [-0.05, 0) is 41.3 Å². The SMILES string of the molecule is CC(C)C(NS(=O)(=O)c1ccc(-c2ccc(OCCF)cc2)cc1)P(=O)(O)O. The third-order valence-electron chi connectivity index (χ3n) is 3.97. The van der Waals surface area contributed by atoms with E-state index in [-0.39, 0.29) is 11.5 Å². The maximum Gasteiger partial charge on any atom is 0.343 e. The zero-order chi connectivity index (χ0) is 20.9. The van der Waals surface area contributed by atoms with Crippen molar-refractivity contribution >= 4 is 17.6 Å².